The first-order valence-electron chi connectivity index (χ1n) is 7.99. The molecule has 0 spiro atoms. The number of methoxy groups -OCH3 is 1. The molecule has 5 nitrogen and oxygen atoms in total. The van der Waals surface area contributed by atoms with Crippen LogP contribution >= 0.6 is 11.3 Å². The van der Waals surface area contributed by atoms with Crippen LogP contribution in [0.3, 0.4) is 0 Å². The van der Waals surface area contributed by atoms with Crippen molar-refractivity contribution in [3.05, 3.63) is 64.7 Å². The van der Waals surface area contributed by atoms with Gasteiger partial charge in [0.15, 0.2) is 0 Å². The molecular weight excluding hydrogens is 334 g/mol. The summed E-state index contributed by atoms with van der Waals surface area (Å²) in [6.45, 7) is 0.460. The Kier molecular flexibility index (Phi) is 5.74. The van der Waals surface area contributed by atoms with Gasteiger partial charge in [0.05, 0.1) is 17.8 Å². The van der Waals surface area contributed by atoms with Crippen molar-refractivity contribution in [1.29, 1.82) is 0 Å². The van der Waals surface area contributed by atoms with Gasteiger partial charge in [-0.2, -0.15) is 0 Å². The second kappa shape index (κ2) is 8.39. The molecule has 25 heavy (non-hydrogen) atoms. The van der Waals surface area contributed by atoms with Crippen molar-refractivity contribution in [3.63, 3.8) is 0 Å². The lowest BCUT2D eigenvalue weighted by molar-refractivity contribution is -0.121. The van der Waals surface area contributed by atoms with Crippen LogP contribution in [0.2, 0.25) is 0 Å². The molecule has 0 saturated carbocycles. The number of amides is 1. The Morgan fingerprint density at radius 1 is 1.24 bits per heavy atom. The molecule has 0 saturated heterocycles. The van der Waals surface area contributed by atoms with E-state index in [4.69, 9.17) is 4.74 Å². The van der Waals surface area contributed by atoms with E-state index in [0.29, 0.717) is 19.4 Å². The molecule has 2 heterocycles. The molecule has 1 N–H and O–H groups in total. The van der Waals surface area contributed by atoms with Crippen LogP contribution < -0.4 is 10.1 Å². The van der Waals surface area contributed by atoms with Gasteiger partial charge >= 0.3 is 0 Å². The fourth-order valence-corrected chi connectivity index (χ4v) is 3.23. The molecule has 0 aliphatic rings. The van der Waals surface area contributed by atoms with Gasteiger partial charge in [0.2, 0.25) is 5.91 Å². The van der Waals surface area contributed by atoms with Gasteiger partial charge in [-0.3, -0.25) is 9.78 Å². The molecule has 3 rings (SSSR count). The minimum atomic E-state index is 0.00374. The van der Waals surface area contributed by atoms with Crippen LogP contribution in [0.5, 0.6) is 5.75 Å². The molecular formula is C19H19N3O2S. The molecule has 0 radical (unpaired) electrons. The number of rotatable bonds is 7. The lowest BCUT2D eigenvalue weighted by atomic mass is 10.2. The van der Waals surface area contributed by atoms with Crippen LogP contribution in [-0.4, -0.2) is 23.0 Å². The number of aromatic nitrogens is 2. The Balaban J connectivity index is 1.50. The first-order valence-corrected chi connectivity index (χ1v) is 8.87. The van der Waals surface area contributed by atoms with Crippen LogP contribution in [0, 0.1) is 0 Å². The molecule has 0 aliphatic carbocycles. The van der Waals surface area contributed by atoms with Gasteiger partial charge in [0.1, 0.15) is 5.75 Å². The average molecular weight is 353 g/mol. The van der Waals surface area contributed by atoms with E-state index >= 15 is 0 Å². The number of para-hydroxylation sites is 1. The first-order chi connectivity index (χ1) is 12.3. The average Bonchev–Trinajstić information content (AvgIpc) is 3.14. The van der Waals surface area contributed by atoms with Crippen LogP contribution in [0.1, 0.15) is 17.0 Å². The highest BCUT2D eigenvalue weighted by molar-refractivity contribution is 7.09. The third kappa shape index (κ3) is 4.64. The predicted molar refractivity (Wildman–Crippen MR) is 98.5 cm³/mol. The van der Waals surface area contributed by atoms with Gasteiger partial charge in [-0.05, 0) is 18.2 Å². The minimum absolute atomic E-state index is 0.00374. The van der Waals surface area contributed by atoms with Crippen LogP contribution in [0.25, 0.3) is 11.3 Å². The van der Waals surface area contributed by atoms with Gasteiger partial charge in [0.25, 0.3) is 0 Å². The SMILES string of the molecule is COc1ccccc1CNC(=O)CCc1nc(-c2cccnc2)cs1. The molecule has 0 unspecified atom stereocenters. The number of nitrogens with zero attached hydrogens (tertiary/aromatic N) is 2. The van der Waals surface area contributed by atoms with E-state index in [9.17, 15) is 4.79 Å². The zero-order valence-electron chi connectivity index (χ0n) is 13.9. The number of hydrogen-bond acceptors (Lipinski definition) is 5. The zero-order valence-corrected chi connectivity index (χ0v) is 14.8. The van der Waals surface area contributed by atoms with E-state index < -0.39 is 0 Å². The summed E-state index contributed by atoms with van der Waals surface area (Å²) in [7, 11) is 1.63. The summed E-state index contributed by atoms with van der Waals surface area (Å²) >= 11 is 1.57. The Bertz CT molecular complexity index is 833. The number of carbonyl (C=O) groups excluding carboxylic acids is 1. The summed E-state index contributed by atoms with van der Waals surface area (Å²) in [5.74, 6) is 0.785. The number of carbonyl (C=O) groups is 1. The second-order valence-electron chi connectivity index (χ2n) is 5.46. The molecule has 0 fully saturated rings. The van der Waals surface area contributed by atoms with Crippen LogP contribution in [0.15, 0.2) is 54.2 Å². The number of hydrogen-bond donors (Lipinski definition) is 1. The molecule has 1 aromatic carbocycles. The summed E-state index contributed by atoms with van der Waals surface area (Å²) in [6, 6.07) is 11.5. The summed E-state index contributed by atoms with van der Waals surface area (Å²) < 4.78 is 5.29. The number of nitrogens with one attached hydrogen (secondary N) is 1. The molecule has 128 valence electrons. The fourth-order valence-electron chi connectivity index (χ4n) is 2.42. The summed E-state index contributed by atoms with van der Waals surface area (Å²) in [5, 5.41) is 5.88. The number of benzene rings is 1. The van der Waals surface area contributed by atoms with Gasteiger partial charge in [-0.15, -0.1) is 11.3 Å². The lowest BCUT2D eigenvalue weighted by Crippen LogP contribution is -2.23. The van der Waals surface area contributed by atoms with E-state index in [-0.39, 0.29) is 5.91 Å². The quantitative estimate of drug-likeness (QED) is 0.706. The standard InChI is InChI=1S/C19H19N3O2S/c1-24-17-7-3-2-5-15(17)12-21-18(23)8-9-19-22-16(13-25-19)14-6-4-10-20-11-14/h2-7,10-11,13H,8-9,12H2,1H3,(H,21,23). The first kappa shape index (κ1) is 17.1. The normalized spacial score (nSPS) is 10.4. The van der Waals surface area contributed by atoms with E-state index in [1.807, 2.05) is 41.8 Å². The molecule has 0 aliphatic heterocycles. The Labute approximate surface area is 150 Å². The van der Waals surface area contributed by atoms with E-state index in [2.05, 4.69) is 15.3 Å². The highest BCUT2D eigenvalue weighted by atomic mass is 32.1. The summed E-state index contributed by atoms with van der Waals surface area (Å²) in [4.78, 5) is 20.8. The maximum Gasteiger partial charge on any atom is 0.220 e. The third-order valence-corrected chi connectivity index (χ3v) is 4.65. The predicted octanol–water partition coefficient (Wildman–Crippen LogP) is 3.46. The maximum atomic E-state index is 12.1. The molecule has 2 aromatic heterocycles. The number of aryl methyl sites for hydroxylation is 1. The monoisotopic (exact) mass is 353 g/mol. The van der Waals surface area contributed by atoms with Gasteiger partial charge in [-0.25, -0.2) is 4.98 Å². The number of thiazole rings is 1. The topological polar surface area (TPSA) is 64.1 Å². The van der Waals surface area contributed by atoms with E-state index in [0.717, 1.165) is 27.6 Å². The van der Waals surface area contributed by atoms with Gasteiger partial charge in [0, 0.05) is 48.3 Å². The molecule has 3 aromatic rings. The zero-order chi connectivity index (χ0) is 17.5. The van der Waals surface area contributed by atoms with Crippen molar-refractivity contribution in [1.82, 2.24) is 15.3 Å². The van der Waals surface area contributed by atoms with Gasteiger partial charge < -0.3 is 10.1 Å². The van der Waals surface area contributed by atoms with Crippen molar-refractivity contribution >= 4 is 17.2 Å². The van der Waals surface area contributed by atoms with E-state index in [1.54, 1.807) is 30.8 Å². The summed E-state index contributed by atoms with van der Waals surface area (Å²) in [6.07, 6.45) is 4.57. The van der Waals surface area contributed by atoms with Crippen molar-refractivity contribution in [3.8, 4) is 17.0 Å². The minimum Gasteiger partial charge on any atom is -0.496 e. The van der Waals surface area contributed by atoms with Crippen molar-refractivity contribution in [2.45, 2.75) is 19.4 Å². The van der Waals surface area contributed by atoms with Crippen molar-refractivity contribution < 1.29 is 9.53 Å². The maximum absolute atomic E-state index is 12.1. The number of ether oxygens (including phenoxy) is 1. The highest BCUT2D eigenvalue weighted by Gasteiger charge is 2.08. The largest absolute Gasteiger partial charge is 0.496 e. The van der Waals surface area contributed by atoms with Crippen LogP contribution in [-0.2, 0) is 17.8 Å². The Hall–Kier alpha value is -2.73. The molecule has 1 amide bonds. The Morgan fingerprint density at radius 3 is 2.92 bits per heavy atom. The number of pyridine rings is 1. The smallest absolute Gasteiger partial charge is 0.220 e. The Morgan fingerprint density at radius 2 is 2.12 bits per heavy atom. The highest BCUT2D eigenvalue weighted by Crippen LogP contribution is 2.21. The van der Waals surface area contributed by atoms with Crippen molar-refractivity contribution in [2.24, 2.45) is 0 Å². The lowest BCUT2D eigenvalue weighted by Gasteiger charge is -2.09. The molecule has 6 heteroatoms. The molecule has 0 bridgehead atoms. The summed E-state index contributed by atoms with van der Waals surface area (Å²) in [5.41, 5.74) is 2.86. The van der Waals surface area contributed by atoms with E-state index in [1.165, 1.54) is 0 Å². The fraction of sp³-hybridized carbons (Fsp3) is 0.211. The molecule has 0 atom stereocenters. The third-order valence-electron chi connectivity index (χ3n) is 3.74. The van der Waals surface area contributed by atoms with Crippen LogP contribution in [0.4, 0.5) is 0 Å². The van der Waals surface area contributed by atoms with Crippen molar-refractivity contribution in [2.75, 3.05) is 7.11 Å². The van der Waals surface area contributed by atoms with Gasteiger partial charge in [-0.1, -0.05) is 18.2 Å². The second-order valence-corrected chi connectivity index (χ2v) is 6.40.